The number of carbonyl (C=O) groups is 3. The lowest BCUT2D eigenvalue weighted by Crippen LogP contribution is -2.58. The Morgan fingerprint density at radius 2 is 1.92 bits per heavy atom. The van der Waals surface area contributed by atoms with Gasteiger partial charge in [0, 0.05) is 13.1 Å². The highest BCUT2D eigenvalue weighted by Gasteiger charge is 2.51. The van der Waals surface area contributed by atoms with Crippen LogP contribution in [0.2, 0.25) is 0 Å². The maximum absolute atomic E-state index is 13.8. The fraction of sp³-hybridized carbons (Fsp3) is 0.417. The molecule has 5 rings (SSSR count). The van der Waals surface area contributed by atoms with Crippen LogP contribution in [0, 0.1) is 11.2 Å². The third kappa shape index (κ3) is 4.28. The molecule has 0 radical (unpaired) electrons. The number of amides is 4. The van der Waals surface area contributed by atoms with Crippen molar-refractivity contribution in [3.05, 3.63) is 42.1 Å². The Morgan fingerprint density at radius 1 is 1.17 bits per heavy atom. The molecule has 0 aromatic carbocycles. The van der Waals surface area contributed by atoms with Gasteiger partial charge in [0.05, 0.1) is 37.0 Å². The van der Waals surface area contributed by atoms with Crippen molar-refractivity contribution in [2.24, 2.45) is 10.4 Å². The molecule has 1 fully saturated rings. The van der Waals surface area contributed by atoms with Crippen LogP contribution < -0.4 is 15.1 Å². The third-order valence-electron chi connectivity index (χ3n) is 6.22. The largest absolute Gasteiger partial charge is 0.378 e. The molecule has 1 unspecified atom stereocenters. The summed E-state index contributed by atoms with van der Waals surface area (Å²) >= 11 is 0. The summed E-state index contributed by atoms with van der Waals surface area (Å²) in [5.41, 5.74) is 0.888. The number of hydrogen-bond acceptors (Lipinski definition) is 7. The number of aromatic nitrogens is 2. The van der Waals surface area contributed by atoms with Crippen LogP contribution in [0.4, 0.5) is 26.4 Å². The van der Waals surface area contributed by atoms with Crippen molar-refractivity contribution in [2.75, 3.05) is 48.0 Å². The van der Waals surface area contributed by atoms with Crippen molar-refractivity contribution >= 4 is 40.9 Å². The number of rotatable bonds is 4. The minimum atomic E-state index is -0.835. The number of hydrogen-bond donors (Lipinski definition) is 1. The number of urea groups is 1. The summed E-state index contributed by atoms with van der Waals surface area (Å²) in [7, 11) is 0. The summed E-state index contributed by atoms with van der Waals surface area (Å²) in [5, 5.41) is 2.58. The van der Waals surface area contributed by atoms with Gasteiger partial charge in [0.15, 0.2) is 5.84 Å². The van der Waals surface area contributed by atoms with Crippen molar-refractivity contribution in [3.63, 3.8) is 0 Å². The van der Waals surface area contributed by atoms with Gasteiger partial charge in [-0.2, -0.15) is 4.99 Å². The van der Waals surface area contributed by atoms with E-state index in [1.54, 1.807) is 12.3 Å². The second-order valence-corrected chi connectivity index (χ2v) is 9.85. The first-order valence-corrected chi connectivity index (χ1v) is 11.6. The fourth-order valence-corrected chi connectivity index (χ4v) is 4.55. The van der Waals surface area contributed by atoms with Gasteiger partial charge in [-0.25, -0.2) is 19.2 Å². The number of morpholine rings is 1. The molecule has 188 valence electrons. The van der Waals surface area contributed by atoms with E-state index in [9.17, 15) is 18.8 Å². The smallest absolute Gasteiger partial charge is 0.331 e. The minimum Gasteiger partial charge on any atom is -0.378 e. The topological polar surface area (TPSA) is 120 Å². The molecule has 11 nitrogen and oxygen atoms in total. The molecular weight excluding hydrogens is 469 g/mol. The predicted octanol–water partition coefficient (Wildman–Crippen LogP) is 2.03. The second kappa shape index (κ2) is 8.94. The number of halogens is 1. The molecule has 1 saturated heterocycles. The van der Waals surface area contributed by atoms with Crippen LogP contribution in [-0.4, -0.2) is 77.4 Å². The van der Waals surface area contributed by atoms with Crippen molar-refractivity contribution in [1.29, 1.82) is 0 Å². The Morgan fingerprint density at radius 3 is 2.58 bits per heavy atom. The van der Waals surface area contributed by atoms with E-state index in [-0.39, 0.29) is 18.2 Å². The molecule has 4 amide bonds. The van der Waals surface area contributed by atoms with E-state index in [0.717, 1.165) is 11.9 Å². The molecule has 12 heteroatoms. The Labute approximate surface area is 207 Å². The van der Waals surface area contributed by atoms with E-state index in [4.69, 9.17) is 4.74 Å². The highest BCUT2D eigenvalue weighted by Crippen LogP contribution is 2.39. The highest BCUT2D eigenvalue weighted by molar-refractivity contribution is 6.26. The number of pyridine rings is 2. The Balaban J connectivity index is 1.52. The average Bonchev–Trinajstić information content (AvgIpc) is 3.21. The maximum atomic E-state index is 13.8. The fourth-order valence-electron chi connectivity index (χ4n) is 4.55. The van der Waals surface area contributed by atoms with E-state index in [1.165, 1.54) is 21.9 Å². The zero-order valence-corrected chi connectivity index (χ0v) is 20.2. The zero-order valence-electron chi connectivity index (χ0n) is 20.2. The summed E-state index contributed by atoms with van der Waals surface area (Å²) in [5.74, 6) is -1.17. The Bertz CT molecular complexity index is 1250. The summed E-state index contributed by atoms with van der Waals surface area (Å²) < 4.78 is 18.6. The molecule has 0 spiro atoms. The molecule has 5 heterocycles. The highest BCUT2D eigenvalue weighted by atomic mass is 19.1. The normalized spacial score (nSPS) is 19.7. The summed E-state index contributed by atoms with van der Waals surface area (Å²) in [6.07, 6.45) is 2.66. The van der Waals surface area contributed by atoms with Crippen LogP contribution in [0.3, 0.4) is 0 Å². The first-order valence-electron chi connectivity index (χ1n) is 11.6. The van der Waals surface area contributed by atoms with E-state index in [1.807, 2.05) is 20.8 Å². The molecule has 1 atom stereocenters. The van der Waals surface area contributed by atoms with Gasteiger partial charge in [-0.1, -0.05) is 20.8 Å². The molecule has 0 bridgehead atoms. The lowest BCUT2D eigenvalue weighted by Gasteiger charge is -2.40. The third-order valence-corrected chi connectivity index (χ3v) is 6.22. The van der Waals surface area contributed by atoms with Crippen LogP contribution in [0.25, 0.3) is 0 Å². The Hall–Kier alpha value is -3.93. The van der Waals surface area contributed by atoms with E-state index in [2.05, 4.69) is 25.2 Å². The monoisotopic (exact) mass is 495 g/mol. The SMILES string of the molecule is CC(C)(C)C1C(=O)N=C2c3ncc(N4CCOCC4)cc3N(CC(=O)Nc3ccc(F)cn3)C(=O)N21. The molecule has 36 heavy (non-hydrogen) atoms. The Kier molecular flexibility index (Phi) is 5.91. The van der Waals surface area contributed by atoms with Crippen LogP contribution in [0.5, 0.6) is 0 Å². The molecular formula is C24H26FN7O4. The van der Waals surface area contributed by atoms with E-state index in [0.29, 0.717) is 37.7 Å². The summed E-state index contributed by atoms with van der Waals surface area (Å²) in [6, 6.07) is 2.91. The molecule has 0 saturated carbocycles. The summed E-state index contributed by atoms with van der Waals surface area (Å²) in [4.78, 5) is 57.0. The standard InChI is InChI=1S/C24H26FN7O4/c1-24(2,3)20-22(34)29-21-19-16(10-15(12-27-19)30-6-8-36-9-7-30)31(23(35)32(20)21)13-18(33)28-17-5-4-14(25)11-26-17/h4-5,10-12,20H,6-9,13H2,1-3H3,(H,26,28,33). The minimum absolute atomic E-state index is 0.150. The van der Waals surface area contributed by atoms with Crippen molar-refractivity contribution in [2.45, 2.75) is 26.8 Å². The molecule has 0 aliphatic carbocycles. The van der Waals surface area contributed by atoms with Gasteiger partial charge in [-0.3, -0.25) is 19.4 Å². The van der Waals surface area contributed by atoms with Gasteiger partial charge >= 0.3 is 6.03 Å². The predicted molar refractivity (Wildman–Crippen MR) is 129 cm³/mol. The van der Waals surface area contributed by atoms with Gasteiger partial charge in [0.2, 0.25) is 5.91 Å². The zero-order chi connectivity index (χ0) is 25.6. The van der Waals surface area contributed by atoms with E-state index >= 15 is 0 Å². The van der Waals surface area contributed by atoms with E-state index < -0.39 is 35.1 Å². The van der Waals surface area contributed by atoms with Gasteiger partial charge < -0.3 is 15.0 Å². The maximum Gasteiger partial charge on any atom is 0.331 e. The van der Waals surface area contributed by atoms with Crippen molar-refractivity contribution in [3.8, 4) is 0 Å². The number of aliphatic imine (C=N–C) groups is 1. The number of amidine groups is 1. The molecule has 3 aliphatic heterocycles. The average molecular weight is 496 g/mol. The molecule has 3 aliphatic rings. The first kappa shape index (κ1) is 23.8. The number of nitrogens with zero attached hydrogens (tertiary/aromatic N) is 6. The first-order chi connectivity index (χ1) is 17.1. The lowest BCUT2D eigenvalue weighted by atomic mass is 9.85. The van der Waals surface area contributed by atoms with Crippen molar-refractivity contribution < 1.29 is 23.5 Å². The quantitative estimate of drug-likeness (QED) is 0.689. The number of anilines is 3. The van der Waals surface area contributed by atoms with Gasteiger partial charge in [-0.15, -0.1) is 0 Å². The van der Waals surface area contributed by atoms with Gasteiger partial charge in [0.25, 0.3) is 5.91 Å². The lowest BCUT2D eigenvalue weighted by molar-refractivity contribution is -0.122. The van der Waals surface area contributed by atoms with Gasteiger partial charge in [0.1, 0.15) is 29.9 Å². The second-order valence-electron chi connectivity index (χ2n) is 9.85. The number of ether oxygens (including phenoxy) is 1. The number of nitrogens with one attached hydrogen (secondary N) is 1. The van der Waals surface area contributed by atoms with Crippen LogP contribution in [0.15, 0.2) is 35.6 Å². The summed E-state index contributed by atoms with van der Waals surface area (Å²) in [6.45, 7) is 7.62. The number of fused-ring (bicyclic) bond motifs is 3. The van der Waals surface area contributed by atoms with Crippen molar-refractivity contribution in [1.82, 2.24) is 14.9 Å². The van der Waals surface area contributed by atoms with Crippen LogP contribution in [0.1, 0.15) is 26.5 Å². The van der Waals surface area contributed by atoms with Crippen LogP contribution >= 0.6 is 0 Å². The van der Waals surface area contributed by atoms with Gasteiger partial charge in [-0.05, 0) is 23.6 Å². The number of carbonyl (C=O) groups excluding carboxylic acids is 3. The molecule has 2 aromatic rings. The molecule has 2 aromatic heterocycles. The molecule has 1 N–H and O–H groups in total. The van der Waals surface area contributed by atoms with Crippen LogP contribution in [-0.2, 0) is 14.3 Å².